The van der Waals surface area contributed by atoms with E-state index >= 15 is 0 Å². The van der Waals surface area contributed by atoms with Gasteiger partial charge in [-0.25, -0.2) is 4.98 Å². The Morgan fingerprint density at radius 3 is 2.31 bits per heavy atom. The standard InChI is InChI=1S/C65H84N10O12S/c1-7-59(78)72-20-22-73(23-21-72)62-53-16-19-74(55-35-49(76)33-46-10-8-9-11-52(46)55)40-54(53)68-65(69-62)86-44(5)38-71-17-14-51(15-18-71)84-30-28-82-26-24-81-25-27-83-29-31-85-57-34-47(61-45(6)67-41-88-61)12-13-48(57)37-66-63(79)56-36-50(77)39-75(56)64(80)60(42(2)3)58-32-43(4)70-87-58/h7-13,32-35,41-42,44,50-51,56,60,76-77H,1,14-31,36-40H2,2-6H3,(H,66,79)/t44-,50-,56+,60-/m1/s1. The molecule has 3 fully saturated rings. The Bertz CT molecular complexity index is 3330. The average molecular weight is 1230 g/mol. The van der Waals surface area contributed by atoms with Gasteiger partial charge < -0.3 is 68.1 Å². The Morgan fingerprint density at radius 2 is 1.60 bits per heavy atom. The Labute approximate surface area is 518 Å². The molecule has 22 nitrogen and oxygen atoms in total. The average Bonchev–Trinajstić information content (AvgIpc) is 2.15. The van der Waals surface area contributed by atoms with Gasteiger partial charge in [0.2, 0.25) is 17.7 Å². The quantitative estimate of drug-likeness (QED) is 0.0336. The molecule has 88 heavy (non-hydrogen) atoms. The lowest BCUT2D eigenvalue weighted by molar-refractivity contribution is -0.141. The third-order valence-electron chi connectivity index (χ3n) is 16.7. The number of rotatable bonds is 28. The van der Waals surface area contributed by atoms with Gasteiger partial charge in [-0.3, -0.25) is 19.3 Å². The summed E-state index contributed by atoms with van der Waals surface area (Å²) in [5.41, 5.74) is 8.02. The second kappa shape index (κ2) is 30.3. The number of benzene rings is 3. The van der Waals surface area contributed by atoms with E-state index in [2.05, 4.69) is 49.7 Å². The number of aliphatic hydroxyl groups is 1. The summed E-state index contributed by atoms with van der Waals surface area (Å²) in [5, 5.41) is 30.4. The molecule has 6 aromatic rings. The third kappa shape index (κ3) is 16.1. The molecule has 3 aromatic carbocycles. The predicted octanol–water partition coefficient (Wildman–Crippen LogP) is 6.86. The van der Waals surface area contributed by atoms with Crippen LogP contribution in [0.4, 0.5) is 11.5 Å². The fourth-order valence-electron chi connectivity index (χ4n) is 12.2. The number of carbonyl (C=O) groups is 3. The van der Waals surface area contributed by atoms with Crippen molar-refractivity contribution in [3.63, 3.8) is 0 Å². The van der Waals surface area contributed by atoms with Crippen LogP contribution in [0.15, 0.2) is 83.4 Å². The molecular formula is C65H84N10O12S. The second-order valence-electron chi connectivity index (χ2n) is 23.4. The number of aliphatic hydroxyl groups excluding tert-OH is 1. The van der Waals surface area contributed by atoms with Crippen molar-refractivity contribution in [1.82, 2.24) is 40.1 Å². The minimum Gasteiger partial charge on any atom is -0.508 e. The van der Waals surface area contributed by atoms with Crippen LogP contribution in [0.5, 0.6) is 17.5 Å². The first-order chi connectivity index (χ1) is 42.7. The van der Waals surface area contributed by atoms with Crippen LogP contribution in [0.25, 0.3) is 21.2 Å². The summed E-state index contributed by atoms with van der Waals surface area (Å²) in [6.45, 7) is 22.9. The number of carbonyl (C=O) groups excluding carboxylic acids is 3. The van der Waals surface area contributed by atoms with E-state index in [-0.39, 0.29) is 67.7 Å². The van der Waals surface area contributed by atoms with E-state index in [9.17, 15) is 24.6 Å². The van der Waals surface area contributed by atoms with Crippen LogP contribution in [0.2, 0.25) is 0 Å². The summed E-state index contributed by atoms with van der Waals surface area (Å²) in [4.78, 5) is 65.9. The van der Waals surface area contributed by atoms with Crippen molar-refractivity contribution in [1.29, 1.82) is 0 Å². The summed E-state index contributed by atoms with van der Waals surface area (Å²) in [6, 6.07) is 18.8. The number of hydrogen-bond acceptors (Lipinski definition) is 20. The monoisotopic (exact) mass is 1230 g/mol. The smallest absolute Gasteiger partial charge is 0.318 e. The molecule has 10 rings (SSSR count). The van der Waals surface area contributed by atoms with Gasteiger partial charge in [0, 0.05) is 106 Å². The number of β-amino-alcohol motifs (C(OH)–C–C–N with tert-alkyl or cyclic N) is 1. The van der Waals surface area contributed by atoms with Crippen LogP contribution in [0.1, 0.15) is 79.9 Å². The highest BCUT2D eigenvalue weighted by Gasteiger charge is 2.43. The number of ether oxygens (including phenoxy) is 6. The lowest BCUT2D eigenvalue weighted by atomic mass is 9.91. The maximum Gasteiger partial charge on any atom is 0.318 e. The number of nitrogens with one attached hydrogen (secondary N) is 1. The van der Waals surface area contributed by atoms with Gasteiger partial charge in [0.25, 0.3) is 0 Å². The molecular weight excluding hydrogens is 1140 g/mol. The summed E-state index contributed by atoms with van der Waals surface area (Å²) >= 11 is 1.54. The van der Waals surface area contributed by atoms with Crippen LogP contribution in [-0.2, 0) is 52.8 Å². The number of piperidine rings is 1. The minimum absolute atomic E-state index is 0.0478. The number of aryl methyl sites for hydroxylation is 2. The second-order valence-corrected chi connectivity index (χ2v) is 24.3. The van der Waals surface area contributed by atoms with E-state index in [1.165, 1.54) is 22.3 Å². The molecule has 3 aromatic heterocycles. The molecule has 4 aliphatic rings. The van der Waals surface area contributed by atoms with E-state index in [1.54, 1.807) is 24.6 Å². The van der Waals surface area contributed by atoms with E-state index in [4.69, 9.17) is 42.9 Å². The molecule has 3 N–H and O–H groups in total. The Morgan fingerprint density at radius 1 is 0.864 bits per heavy atom. The van der Waals surface area contributed by atoms with Gasteiger partial charge in [0.05, 0.1) is 92.5 Å². The molecule has 23 heteroatoms. The zero-order valence-electron chi connectivity index (χ0n) is 51.3. The van der Waals surface area contributed by atoms with Crippen molar-refractivity contribution in [3.8, 4) is 28.0 Å². The van der Waals surface area contributed by atoms with Crippen LogP contribution < -0.4 is 24.6 Å². The van der Waals surface area contributed by atoms with Crippen LogP contribution >= 0.6 is 11.3 Å². The molecule has 472 valence electrons. The van der Waals surface area contributed by atoms with Crippen LogP contribution in [0, 0.1) is 19.8 Å². The van der Waals surface area contributed by atoms with E-state index in [0.717, 1.165) is 94.1 Å². The van der Waals surface area contributed by atoms with Crippen molar-refractivity contribution >= 4 is 51.3 Å². The maximum atomic E-state index is 13.9. The number of fused-ring (bicyclic) bond motifs is 2. The molecule has 3 amide bonds. The Hall–Kier alpha value is -7.25. The fourth-order valence-corrected chi connectivity index (χ4v) is 13.0. The fraction of sp³-hybridized carbons (Fsp3) is 0.523. The highest BCUT2D eigenvalue weighted by atomic mass is 32.1. The normalized spacial score (nSPS) is 18.2. The molecule has 4 atom stereocenters. The van der Waals surface area contributed by atoms with E-state index in [1.807, 2.05) is 68.1 Å². The summed E-state index contributed by atoms with van der Waals surface area (Å²) < 4.78 is 42.0. The summed E-state index contributed by atoms with van der Waals surface area (Å²) in [7, 11) is 0. The number of thiazole rings is 1. The highest BCUT2D eigenvalue weighted by molar-refractivity contribution is 7.13. The maximum absolute atomic E-state index is 13.9. The topological polar surface area (TPSA) is 240 Å². The zero-order valence-corrected chi connectivity index (χ0v) is 52.1. The number of likely N-dealkylation sites (tertiary alicyclic amines) is 2. The number of hydrogen-bond donors (Lipinski definition) is 3. The van der Waals surface area contributed by atoms with Gasteiger partial charge in [-0.15, -0.1) is 11.3 Å². The van der Waals surface area contributed by atoms with Gasteiger partial charge >= 0.3 is 6.01 Å². The van der Waals surface area contributed by atoms with Crippen molar-refractivity contribution in [2.45, 2.75) is 104 Å². The predicted molar refractivity (Wildman–Crippen MR) is 334 cm³/mol. The van der Waals surface area contributed by atoms with E-state index < -0.39 is 18.1 Å². The SMILES string of the molecule is C=CC(=O)N1CCN(c2nc(O[C@H](C)CN3CCC(OCCOCCOCCOCCOc4cc(-c5scnc5C)ccc4CNC(=O)[C@@H]4C[C@@H](O)CN4C(=O)[C@@H](c4cc(C)no4)C(C)C)CC3)nc3c2CCN(c2cc(O)cc4ccccc24)C3)CC1. The molecule has 4 aliphatic heterocycles. The third-order valence-corrected chi connectivity index (χ3v) is 17.7. The molecule has 0 unspecified atom stereocenters. The number of piperazine rings is 1. The van der Waals surface area contributed by atoms with Gasteiger partial charge in [-0.05, 0) is 75.1 Å². The van der Waals surface area contributed by atoms with Crippen molar-refractivity contribution in [3.05, 3.63) is 113 Å². The minimum atomic E-state index is -0.855. The number of amides is 3. The molecule has 0 aliphatic carbocycles. The van der Waals surface area contributed by atoms with Crippen molar-refractivity contribution < 1.29 is 57.5 Å². The van der Waals surface area contributed by atoms with Crippen LogP contribution in [0.3, 0.4) is 0 Å². The van der Waals surface area contributed by atoms with Crippen molar-refractivity contribution in [2.24, 2.45) is 5.92 Å². The first kappa shape index (κ1) is 63.8. The lowest BCUT2D eigenvalue weighted by Crippen LogP contribution is -2.49. The number of aromatic nitrogens is 4. The zero-order chi connectivity index (χ0) is 61.7. The number of anilines is 2. The number of phenolic OH excluding ortho intramolecular Hbond substituents is 1. The molecule has 0 radical (unpaired) electrons. The van der Waals surface area contributed by atoms with Gasteiger partial charge in [0.1, 0.15) is 47.7 Å². The number of phenols is 1. The molecule has 7 heterocycles. The number of aromatic hydroxyl groups is 1. The van der Waals surface area contributed by atoms with E-state index in [0.29, 0.717) is 109 Å². The highest BCUT2D eigenvalue weighted by Crippen LogP contribution is 2.38. The molecule has 0 bridgehead atoms. The molecule has 0 saturated carbocycles. The van der Waals surface area contributed by atoms with Crippen molar-refractivity contribution in [2.75, 3.05) is 122 Å². The first-order valence-corrected chi connectivity index (χ1v) is 31.7. The number of nitrogens with zero attached hydrogens (tertiary/aromatic N) is 9. The Balaban J connectivity index is 0.614. The summed E-state index contributed by atoms with van der Waals surface area (Å²) in [5.74, 6) is 0.628. The van der Waals surface area contributed by atoms with Gasteiger partial charge in [-0.1, -0.05) is 62.0 Å². The Kier molecular flexibility index (Phi) is 22.0. The largest absolute Gasteiger partial charge is 0.508 e. The van der Waals surface area contributed by atoms with Crippen LogP contribution in [-0.4, -0.2) is 199 Å². The lowest BCUT2D eigenvalue weighted by Gasteiger charge is -2.38. The van der Waals surface area contributed by atoms with Gasteiger partial charge in [0.15, 0.2) is 0 Å². The molecule has 0 spiro atoms. The summed E-state index contributed by atoms with van der Waals surface area (Å²) in [6.07, 6.45) is 3.16. The molecule has 3 saturated heterocycles. The first-order valence-electron chi connectivity index (χ1n) is 30.8. The van der Waals surface area contributed by atoms with Gasteiger partial charge in [-0.2, -0.15) is 9.97 Å².